The third-order valence-corrected chi connectivity index (χ3v) is 5.12. The lowest BCUT2D eigenvalue weighted by Gasteiger charge is -2.32. The summed E-state index contributed by atoms with van der Waals surface area (Å²) in [7, 11) is 1.71. The van der Waals surface area contributed by atoms with Gasteiger partial charge in [-0.3, -0.25) is 4.90 Å². The van der Waals surface area contributed by atoms with Gasteiger partial charge in [-0.05, 0) is 49.4 Å². The predicted molar refractivity (Wildman–Crippen MR) is 98.9 cm³/mol. The molecule has 1 aromatic heterocycles. The minimum atomic E-state index is 0.508. The van der Waals surface area contributed by atoms with Crippen molar-refractivity contribution in [2.24, 2.45) is 0 Å². The molecule has 0 amide bonds. The Morgan fingerprint density at radius 2 is 1.84 bits per heavy atom. The largest absolute Gasteiger partial charge is 0.497 e. The molecule has 5 heteroatoms. The number of hydrogen-bond donors (Lipinski definition) is 1. The fourth-order valence-electron chi connectivity index (χ4n) is 3.43. The molecule has 1 saturated carbocycles. The van der Waals surface area contributed by atoms with Crippen molar-refractivity contribution in [1.29, 1.82) is 0 Å². The maximum absolute atomic E-state index is 5.22. The van der Waals surface area contributed by atoms with E-state index in [9.17, 15) is 0 Å². The van der Waals surface area contributed by atoms with Gasteiger partial charge in [0.2, 0.25) is 0 Å². The summed E-state index contributed by atoms with van der Waals surface area (Å²) in [6, 6.07) is 10.9. The van der Waals surface area contributed by atoms with Gasteiger partial charge >= 0.3 is 0 Å². The van der Waals surface area contributed by atoms with Gasteiger partial charge in [0.25, 0.3) is 0 Å². The summed E-state index contributed by atoms with van der Waals surface area (Å²) in [5, 5.41) is 3.61. The number of aromatic nitrogens is 2. The summed E-state index contributed by atoms with van der Waals surface area (Å²) in [6.45, 7) is 3.24. The van der Waals surface area contributed by atoms with Crippen LogP contribution in [0, 0.1) is 0 Å². The van der Waals surface area contributed by atoms with E-state index in [4.69, 9.17) is 4.74 Å². The van der Waals surface area contributed by atoms with Gasteiger partial charge in [-0.2, -0.15) is 0 Å². The zero-order chi connectivity index (χ0) is 17.1. The first kappa shape index (κ1) is 16.3. The Kier molecular flexibility index (Phi) is 4.83. The maximum atomic E-state index is 5.22. The van der Waals surface area contributed by atoms with Gasteiger partial charge in [0.15, 0.2) is 0 Å². The van der Waals surface area contributed by atoms with Crippen molar-refractivity contribution in [2.45, 2.75) is 44.2 Å². The quantitative estimate of drug-likeness (QED) is 0.874. The predicted octanol–water partition coefficient (Wildman–Crippen LogP) is 3.44. The van der Waals surface area contributed by atoms with Crippen LogP contribution in [-0.4, -0.2) is 41.1 Å². The number of benzene rings is 1. The average Bonchev–Trinajstić information content (AvgIpc) is 3.50. The number of piperidine rings is 1. The summed E-state index contributed by atoms with van der Waals surface area (Å²) >= 11 is 0. The molecule has 0 radical (unpaired) electrons. The topological polar surface area (TPSA) is 50.3 Å². The SMILES string of the molecule is COc1ccc(CN2CCC(Nc3ccnc(C4CC4)n3)CC2)cc1. The van der Waals surface area contributed by atoms with E-state index in [1.165, 1.54) is 18.4 Å². The van der Waals surface area contributed by atoms with Gasteiger partial charge < -0.3 is 10.1 Å². The summed E-state index contributed by atoms with van der Waals surface area (Å²) in [5.41, 5.74) is 1.34. The van der Waals surface area contributed by atoms with Gasteiger partial charge in [0.1, 0.15) is 17.4 Å². The monoisotopic (exact) mass is 338 g/mol. The highest BCUT2D eigenvalue weighted by Gasteiger charge is 2.27. The van der Waals surface area contributed by atoms with Crippen molar-refractivity contribution in [3.8, 4) is 5.75 Å². The van der Waals surface area contributed by atoms with E-state index in [0.717, 1.165) is 49.9 Å². The van der Waals surface area contributed by atoms with Crippen molar-refractivity contribution < 1.29 is 4.74 Å². The molecule has 0 spiro atoms. The number of ether oxygens (including phenoxy) is 1. The van der Waals surface area contributed by atoms with E-state index in [-0.39, 0.29) is 0 Å². The number of anilines is 1. The van der Waals surface area contributed by atoms with Crippen LogP contribution in [0.25, 0.3) is 0 Å². The van der Waals surface area contributed by atoms with Gasteiger partial charge in [0, 0.05) is 37.8 Å². The Morgan fingerprint density at radius 3 is 2.52 bits per heavy atom. The highest BCUT2D eigenvalue weighted by molar-refractivity contribution is 5.35. The van der Waals surface area contributed by atoms with Crippen molar-refractivity contribution in [2.75, 3.05) is 25.5 Å². The van der Waals surface area contributed by atoms with E-state index < -0.39 is 0 Å². The third-order valence-electron chi connectivity index (χ3n) is 5.12. The van der Waals surface area contributed by atoms with Crippen LogP contribution in [0.2, 0.25) is 0 Å². The maximum Gasteiger partial charge on any atom is 0.133 e. The Labute approximate surface area is 149 Å². The first-order valence-corrected chi connectivity index (χ1v) is 9.25. The lowest BCUT2D eigenvalue weighted by atomic mass is 10.0. The second-order valence-electron chi connectivity index (χ2n) is 7.12. The molecule has 0 unspecified atom stereocenters. The molecule has 1 aromatic carbocycles. The molecule has 1 aliphatic heterocycles. The second kappa shape index (κ2) is 7.40. The molecule has 0 atom stereocenters. The standard InChI is InChI=1S/C20H26N4O/c1-25-18-6-2-15(3-7-18)14-24-12-9-17(10-13-24)22-19-8-11-21-20(23-19)16-4-5-16/h2-3,6-8,11,16-17H,4-5,9-10,12-14H2,1H3,(H,21,22,23). The average molecular weight is 338 g/mol. The lowest BCUT2D eigenvalue weighted by Crippen LogP contribution is -2.38. The fraction of sp³-hybridized carbons (Fsp3) is 0.500. The van der Waals surface area contributed by atoms with Crippen LogP contribution in [-0.2, 0) is 6.54 Å². The number of nitrogens with zero attached hydrogens (tertiary/aromatic N) is 3. The van der Waals surface area contributed by atoms with Crippen LogP contribution in [0.15, 0.2) is 36.5 Å². The molecule has 2 fully saturated rings. The highest BCUT2D eigenvalue weighted by atomic mass is 16.5. The normalized spacial score (nSPS) is 18.9. The van der Waals surface area contributed by atoms with Crippen LogP contribution in [0.1, 0.15) is 43.0 Å². The molecule has 2 heterocycles. The molecule has 0 bridgehead atoms. The van der Waals surface area contributed by atoms with Gasteiger partial charge in [0.05, 0.1) is 7.11 Å². The Balaban J connectivity index is 1.27. The van der Waals surface area contributed by atoms with Crippen molar-refractivity contribution >= 4 is 5.82 Å². The number of methoxy groups -OCH3 is 1. The number of rotatable bonds is 6. The Hall–Kier alpha value is -2.14. The number of likely N-dealkylation sites (tertiary alicyclic amines) is 1. The van der Waals surface area contributed by atoms with Crippen molar-refractivity contribution in [3.63, 3.8) is 0 Å². The molecule has 1 N–H and O–H groups in total. The van der Waals surface area contributed by atoms with Crippen LogP contribution >= 0.6 is 0 Å². The van der Waals surface area contributed by atoms with E-state index in [1.807, 2.05) is 24.4 Å². The van der Waals surface area contributed by atoms with Gasteiger partial charge in [-0.1, -0.05) is 12.1 Å². The first-order chi connectivity index (χ1) is 12.3. The highest BCUT2D eigenvalue weighted by Crippen LogP contribution is 2.38. The fourth-order valence-corrected chi connectivity index (χ4v) is 3.43. The van der Waals surface area contributed by atoms with Crippen molar-refractivity contribution in [1.82, 2.24) is 14.9 Å². The minimum Gasteiger partial charge on any atom is -0.497 e. The number of hydrogen-bond acceptors (Lipinski definition) is 5. The van der Waals surface area contributed by atoms with E-state index in [0.29, 0.717) is 12.0 Å². The molecule has 1 aliphatic carbocycles. The molecular formula is C20H26N4O. The summed E-state index contributed by atoms with van der Waals surface area (Å²) < 4.78 is 5.22. The minimum absolute atomic E-state index is 0.508. The molecule has 5 nitrogen and oxygen atoms in total. The zero-order valence-electron chi connectivity index (χ0n) is 14.8. The van der Waals surface area contributed by atoms with E-state index in [2.05, 4.69) is 32.3 Å². The summed E-state index contributed by atoms with van der Waals surface area (Å²) in [4.78, 5) is 11.6. The van der Waals surface area contributed by atoms with Crippen LogP contribution in [0.3, 0.4) is 0 Å². The van der Waals surface area contributed by atoms with Gasteiger partial charge in [-0.25, -0.2) is 9.97 Å². The van der Waals surface area contributed by atoms with Gasteiger partial charge in [-0.15, -0.1) is 0 Å². The molecule has 132 valence electrons. The van der Waals surface area contributed by atoms with E-state index >= 15 is 0 Å². The van der Waals surface area contributed by atoms with E-state index in [1.54, 1.807) is 7.11 Å². The number of nitrogens with one attached hydrogen (secondary N) is 1. The third kappa shape index (κ3) is 4.28. The lowest BCUT2D eigenvalue weighted by molar-refractivity contribution is 0.211. The molecule has 25 heavy (non-hydrogen) atoms. The molecular weight excluding hydrogens is 312 g/mol. The zero-order valence-corrected chi connectivity index (χ0v) is 14.8. The molecule has 2 aromatic rings. The summed E-state index contributed by atoms with van der Waals surface area (Å²) in [6.07, 6.45) is 6.68. The van der Waals surface area contributed by atoms with Crippen LogP contribution in [0.5, 0.6) is 5.75 Å². The van der Waals surface area contributed by atoms with Crippen LogP contribution < -0.4 is 10.1 Å². The molecule has 2 aliphatic rings. The summed E-state index contributed by atoms with van der Waals surface area (Å²) in [5.74, 6) is 3.53. The Bertz CT molecular complexity index is 691. The molecule has 4 rings (SSSR count). The smallest absolute Gasteiger partial charge is 0.133 e. The van der Waals surface area contributed by atoms with Crippen molar-refractivity contribution in [3.05, 3.63) is 47.9 Å². The molecule has 1 saturated heterocycles. The second-order valence-corrected chi connectivity index (χ2v) is 7.12. The Morgan fingerprint density at radius 1 is 1.08 bits per heavy atom. The first-order valence-electron chi connectivity index (χ1n) is 9.25. The van der Waals surface area contributed by atoms with Crippen LogP contribution in [0.4, 0.5) is 5.82 Å².